The molecule has 0 bridgehead atoms. The summed E-state index contributed by atoms with van der Waals surface area (Å²) in [5, 5.41) is 0. The minimum atomic E-state index is 0.898. The molecule has 0 unspecified atom stereocenters. The molecule has 1 aliphatic rings. The van der Waals surface area contributed by atoms with E-state index < -0.39 is 0 Å². The van der Waals surface area contributed by atoms with Gasteiger partial charge >= 0.3 is 0 Å². The van der Waals surface area contributed by atoms with Gasteiger partial charge in [-0.1, -0.05) is 46.4 Å². The Kier molecular flexibility index (Phi) is 5.65. The van der Waals surface area contributed by atoms with Crippen LogP contribution in [0.2, 0.25) is 0 Å². The normalized spacial score (nSPS) is 14.1. The third-order valence-corrected chi connectivity index (χ3v) is 5.39. The molecule has 0 radical (unpaired) electrons. The van der Waals surface area contributed by atoms with Crippen molar-refractivity contribution in [1.29, 1.82) is 0 Å². The highest BCUT2D eigenvalue weighted by molar-refractivity contribution is 6.14. The van der Waals surface area contributed by atoms with Crippen LogP contribution in [-0.4, -0.2) is 10.4 Å². The van der Waals surface area contributed by atoms with Gasteiger partial charge in [-0.3, -0.25) is 0 Å². The fourth-order valence-electron chi connectivity index (χ4n) is 3.72. The minimum absolute atomic E-state index is 0.898. The summed E-state index contributed by atoms with van der Waals surface area (Å²) >= 11 is 0. The van der Waals surface area contributed by atoms with Gasteiger partial charge < -0.3 is 5.84 Å². The van der Waals surface area contributed by atoms with Crippen molar-refractivity contribution in [2.45, 2.75) is 53.4 Å². The zero-order chi connectivity index (χ0) is 19.6. The largest absolute Gasteiger partial charge is 0.448 e. The molecule has 2 heteroatoms. The highest BCUT2D eigenvalue weighted by atomic mass is 15.3. The van der Waals surface area contributed by atoms with Crippen molar-refractivity contribution in [3.63, 3.8) is 0 Å². The van der Waals surface area contributed by atoms with Crippen molar-refractivity contribution in [2.24, 2.45) is 0 Å². The molecule has 1 aliphatic heterocycles. The first-order chi connectivity index (χ1) is 13.0. The first-order valence-electron chi connectivity index (χ1n) is 10.1. The molecule has 0 saturated carbocycles. The quantitative estimate of drug-likeness (QED) is 0.541. The van der Waals surface area contributed by atoms with Crippen LogP contribution in [0.4, 0.5) is 0 Å². The van der Waals surface area contributed by atoms with Gasteiger partial charge in [0.15, 0.2) is 0 Å². The Balaban J connectivity index is 2.11. The number of allylic oxidation sites excluding steroid dienone is 2. The zero-order valence-corrected chi connectivity index (χ0v) is 17.0. The SMILES string of the molecule is C=C1C=C(c2cc(CC)cc(CC)c2)[N+]([NH-])=C1c1cc(CC)cc(CC)c1. The second-order valence-corrected chi connectivity index (χ2v) is 7.23. The van der Waals surface area contributed by atoms with Crippen LogP contribution < -0.4 is 0 Å². The van der Waals surface area contributed by atoms with Gasteiger partial charge in [-0.15, -0.1) is 0 Å². The van der Waals surface area contributed by atoms with Crippen LogP contribution in [0.25, 0.3) is 11.5 Å². The maximum atomic E-state index is 8.83. The van der Waals surface area contributed by atoms with Gasteiger partial charge in [0.2, 0.25) is 11.4 Å². The van der Waals surface area contributed by atoms with E-state index in [0.717, 1.165) is 53.8 Å². The Morgan fingerprint density at radius 1 is 0.704 bits per heavy atom. The Hall–Kier alpha value is -2.61. The molecular formula is C25H30N2. The zero-order valence-electron chi connectivity index (χ0n) is 17.0. The molecule has 0 saturated heterocycles. The Bertz CT molecular complexity index is 900. The Labute approximate surface area is 163 Å². The average Bonchev–Trinajstić information content (AvgIpc) is 3.00. The predicted octanol–water partition coefficient (Wildman–Crippen LogP) is 6.32. The first-order valence-corrected chi connectivity index (χ1v) is 10.1. The van der Waals surface area contributed by atoms with Crippen molar-refractivity contribution >= 4 is 11.4 Å². The molecule has 0 atom stereocenters. The van der Waals surface area contributed by atoms with Crippen molar-refractivity contribution in [3.05, 3.63) is 93.8 Å². The summed E-state index contributed by atoms with van der Waals surface area (Å²) in [6.07, 6.45) is 6.06. The van der Waals surface area contributed by atoms with E-state index >= 15 is 0 Å². The lowest BCUT2D eigenvalue weighted by molar-refractivity contribution is -0.347. The van der Waals surface area contributed by atoms with Gasteiger partial charge in [-0.2, -0.15) is 0 Å². The lowest BCUT2D eigenvalue weighted by atomic mass is 9.97. The van der Waals surface area contributed by atoms with Crippen molar-refractivity contribution in [3.8, 4) is 0 Å². The molecule has 27 heavy (non-hydrogen) atoms. The second kappa shape index (κ2) is 7.96. The van der Waals surface area contributed by atoms with Crippen LogP contribution in [0, 0.1) is 0 Å². The standard InChI is InChI=1S/C25H30N2/c1-6-18-11-19(7-2)14-22(13-18)24-10-17(5)25(27(24)26)23-15-20(8-3)12-21(9-4)16-23/h10-16,26H,5-9H2,1-4H3. The molecule has 0 amide bonds. The summed E-state index contributed by atoms with van der Waals surface area (Å²) in [6.45, 7) is 13.0. The number of rotatable bonds is 6. The van der Waals surface area contributed by atoms with Gasteiger partial charge in [0.05, 0.1) is 0 Å². The van der Waals surface area contributed by atoms with E-state index in [0.29, 0.717) is 0 Å². The third-order valence-electron chi connectivity index (χ3n) is 5.39. The number of hydrogen-bond donors (Lipinski definition) is 0. The molecule has 0 aromatic heterocycles. The monoisotopic (exact) mass is 358 g/mol. The van der Waals surface area contributed by atoms with E-state index in [4.69, 9.17) is 5.84 Å². The maximum absolute atomic E-state index is 8.83. The molecule has 0 spiro atoms. The van der Waals surface area contributed by atoms with E-state index in [1.54, 1.807) is 4.68 Å². The molecule has 2 nitrogen and oxygen atoms in total. The van der Waals surface area contributed by atoms with Crippen LogP contribution >= 0.6 is 0 Å². The summed E-state index contributed by atoms with van der Waals surface area (Å²) < 4.78 is 1.57. The highest BCUT2D eigenvalue weighted by Gasteiger charge is 2.27. The second-order valence-electron chi connectivity index (χ2n) is 7.23. The molecule has 0 aliphatic carbocycles. The van der Waals surface area contributed by atoms with E-state index in [9.17, 15) is 0 Å². The molecule has 0 fully saturated rings. The topological polar surface area (TPSA) is 26.8 Å². The number of nitrogens with one attached hydrogen (secondary N) is 1. The number of hydrogen-bond acceptors (Lipinski definition) is 0. The molecule has 1 heterocycles. The molecule has 1 N–H and O–H groups in total. The van der Waals surface area contributed by atoms with Crippen molar-refractivity contribution < 1.29 is 4.68 Å². The van der Waals surface area contributed by atoms with Gasteiger partial charge in [0, 0.05) is 22.8 Å². The highest BCUT2D eigenvalue weighted by Crippen LogP contribution is 2.30. The van der Waals surface area contributed by atoms with Crippen molar-refractivity contribution in [1.82, 2.24) is 0 Å². The van der Waals surface area contributed by atoms with Gasteiger partial charge in [-0.25, -0.2) is 4.68 Å². The number of benzene rings is 2. The van der Waals surface area contributed by atoms with Crippen LogP contribution in [0.3, 0.4) is 0 Å². The summed E-state index contributed by atoms with van der Waals surface area (Å²) in [6, 6.07) is 13.4. The van der Waals surface area contributed by atoms with Crippen LogP contribution in [-0.2, 0) is 25.7 Å². The minimum Gasteiger partial charge on any atom is -0.448 e. The molecule has 3 rings (SSSR count). The summed E-state index contributed by atoms with van der Waals surface area (Å²) in [5.41, 5.74) is 10.2. The fourth-order valence-corrected chi connectivity index (χ4v) is 3.72. The summed E-state index contributed by atoms with van der Waals surface area (Å²) in [4.78, 5) is 0. The Morgan fingerprint density at radius 3 is 1.52 bits per heavy atom. The predicted molar refractivity (Wildman–Crippen MR) is 116 cm³/mol. The van der Waals surface area contributed by atoms with Gasteiger partial charge in [0.25, 0.3) is 0 Å². The fraction of sp³-hybridized carbons (Fsp3) is 0.320. The van der Waals surface area contributed by atoms with Crippen LogP contribution in [0.1, 0.15) is 61.1 Å². The maximum Gasteiger partial charge on any atom is 0.215 e. The molecule has 2 aromatic rings. The summed E-state index contributed by atoms with van der Waals surface area (Å²) in [7, 11) is 0. The third kappa shape index (κ3) is 3.75. The van der Waals surface area contributed by atoms with E-state index in [1.165, 1.54) is 22.3 Å². The lowest BCUT2D eigenvalue weighted by Gasteiger charge is -2.12. The van der Waals surface area contributed by atoms with E-state index in [2.05, 4.69) is 76.7 Å². The van der Waals surface area contributed by atoms with E-state index in [-0.39, 0.29) is 0 Å². The molecular weight excluding hydrogens is 328 g/mol. The van der Waals surface area contributed by atoms with E-state index in [1.807, 2.05) is 0 Å². The number of aryl methyl sites for hydroxylation is 4. The van der Waals surface area contributed by atoms with Gasteiger partial charge in [0.1, 0.15) is 0 Å². The van der Waals surface area contributed by atoms with Crippen LogP contribution in [0.5, 0.6) is 0 Å². The van der Waals surface area contributed by atoms with Gasteiger partial charge in [-0.05, 0) is 72.2 Å². The van der Waals surface area contributed by atoms with Crippen LogP contribution in [0.15, 0.2) is 54.6 Å². The average molecular weight is 359 g/mol. The van der Waals surface area contributed by atoms with Crippen molar-refractivity contribution in [2.75, 3.05) is 0 Å². The first kappa shape index (κ1) is 19.2. The Morgan fingerprint density at radius 2 is 1.11 bits per heavy atom. The summed E-state index contributed by atoms with van der Waals surface area (Å²) in [5.74, 6) is 8.83. The smallest absolute Gasteiger partial charge is 0.215 e. The molecule has 140 valence electrons. The number of nitrogens with zero attached hydrogens (tertiary/aromatic N) is 1. The lowest BCUT2D eigenvalue weighted by Crippen LogP contribution is -2.12. The molecule has 2 aromatic carbocycles.